The van der Waals surface area contributed by atoms with Gasteiger partial charge in [0.25, 0.3) is 0 Å². The van der Waals surface area contributed by atoms with Crippen molar-refractivity contribution in [2.75, 3.05) is 18.0 Å². The number of carboxylic acids is 1. The molecule has 0 amide bonds. The first-order valence-corrected chi connectivity index (χ1v) is 16.8. The Balaban J connectivity index is 1.55. The van der Waals surface area contributed by atoms with E-state index < -0.39 is 17.7 Å². The van der Waals surface area contributed by atoms with Gasteiger partial charge in [-0.15, -0.1) is 0 Å². The molecule has 48 heavy (non-hydrogen) atoms. The predicted octanol–water partition coefficient (Wildman–Crippen LogP) is 8.98. The Morgan fingerprint density at radius 2 is 1.85 bits per heavy atom. The number of aliphatic carboxylic acids is 1. The monoisotopic (exact) mass is 647 g/mol. The molecule has 3 aliphatic heterocycles. The maximum absolute atomic E-state index is 12.8. The van der Waals surface area contributed by atoms with Crippen LogP contribution in [0.2, 0.25) is 0 Å². The van der Waals surface area contributed by atoms with Crippen LogP contribution in [0, 0.1) is 18.9 Å². The summed E-state index contributed by atoms with van der Waals surface area (Å²) >= 11 is 0. The lowest BCUT2D eigenvalue weighted by Gasteiger charge is -2.41. The highest BCUT2D eigenvalue weighted by atomic mass is 16.5. The third-order valence-corrected chi connectivity index (χ3v) is 9.47. The Morgan fingerprint density at radius 1 is 1.10 bits per heavy atom. The van der Waals surface area contributed by atoms with Gasteiger partial charge >= 0.3 is 5.97 Å². The molecule has 1 N–H and O–H groups in total. The van der Waals surface area contributed by atoms with E-state index in [-0.39, 0.29) is 11.5 Å². The molecule has 250 valence electrons. The van der Waals surface area contributed by atoms with Gasteiger partial charge in [0.15, 0.2) is 17.4 Å². The largest absolute Gasteiger partial charge is 0.490 e. The third-order valence-electron chi connectivity index (χ3n) is 9.47. The summed E-state index contributed by atoms with van der Waals surface area (Å²) in [5.41, 5.74) is 5.13. The topological polar surface area (TPSA) is 93.5 Å². The molecule has 2 atom stereocenters. The molecular formula is C39H45N5O4. The number of aromatic nitrogens is 3. The minimum atomic E-state index is -1.22. The second-order valence-corrected chi connectivity index (χ2v) is 14.5. The molecule has 0 saturated carbocycles. The number of aryl methyl sites for hydroxylation is 1. The molecule has 1 saturated heterocycles. The highest BCUT2D eigenvalue weighted by Crippen LogP contribution is 2.42. The van der Waals surface area contributed by atoms with Gasteiger partial charge in [0.05, 0.1) is 29.5 Å². The number of fused-ring (bicyclic) bond motifs is 7. The lowest BCUT2D eigenvalue weighted by atomic mass is 9.76. The van der Waals surface area contributed by atoms with Crippen molar-refractivity contribution in [1.29, 1.82) is 0 Å². The summed E-state index contributed by atoms with van der Waals surface area (Å²) in [6, 6.07) is 15.6. The summed E-state index contributed by atoms with van der Waals surface area (Å²) in [5.74, 6) is 0.396. The highest BCUT2D eigenvalue weighted by Gasteiger charge is 2.37. The van der Waals surface area contributed by atoms with Gasteiger partial charge in [-0.3, -0.25) is 0 Å². The van der Waals surface area contributed by atoms with Gasteiger partial charge in [-0.05, 0) is 89.5 Å². The average molecular weight is 648 g/mol. The zero-order valence-electron chi connectivity index (χ0n) is 28.8. The van der Waals surface area contributed by atoms with Crippen LogP contribution < -0.4 is 9.64 Å². The Hall–Kier alpha value is -4.68. The van der Waals surface area contributed by atoms with Crippen LogP contribution in [0.3, 0.4) is 0 Å². The molecule has 5 heterocycles. The van der Waals surface area contributed by atoms with E-state index in [2.05, 4.69) is 41.8 Å². The molecule has 7 rings (SSSR count). The SMILES string of the molecule is [C-]#[N+]c1ccc2c(c1)-c1cccc(c1)-c1cc3nc(C)c([C@H](OC(C)(C)C)C(=O)O)c(n3n1)N1CCC(C)(CC/C=C/C[C@H](C)O2)CC1. The number of nitrogens with zero attached hydrogens (tertiary/aromatic N) is 5. The fourth-order valence-electron chi connectivity index (χ4n) is 6.83. The summed E-state index contributed by atoms with van der Waals surface area (Å²) in [5, 5.41) is 15.6. The molecule has 0 radical (unpaired) electrons. The lowest BCUT2D eigenvalue weighted by molar-refractivity contribution is -0.160. The predicted molar refractivity (Wildman–Crippen MR) is 189 cm³/mol. The molecule has 1 fully saturated rings. The molecule has 2 aromatic carbocycles. The number of anilines is 1. The molecule has 2 aromatic heterocycles. The van der Waals surface area contributed by atoms with E-state index in [0.717, 1.165) is 73.5 Å². The average Bonchev–Trinajstić information content (AvgIpc) is 3.46. The maximum Gasteiger partial charge on any atom is 0.337 e. The summed E-state index contributed by atoms with van der Waals surface area (Å²) in [6.45, 7) is 21.1. The van der Waals surface area contributed by atoms with E-state index in [1.807, 2.05) is 68.6 Å². The van der Waals surface area contributed by atoms with Gasteiger partial charge in [0, 0.05) is 42.4 Å². The Morgan fingerprint density at radius 3 is 2.56 bits per heavy atom. The van der Waals surface area contributed by atoms with Crippen LogP contribution in [0.1, 0.15) is 84.1 Å². The van der Waals surface area contributed by atoms with Crippen LogP contribution in [0.4, 0.5) is 11.5 Å². The van der Waals surface area contributed by atoms with E-state index in [1.165, 1.54) is 0 Å². The maximum atomic E-state index is 12.8. The second-order valence-electron chi connectivity index (χ2n) is 14.5. The zero-order chi connectivity index (χ0) is 34.2. The molecule has 0 spiro atoms. The molecule has 3 aliphatic rings. The zero-order valence-corrected chi connectivity index (χ0v) is 28.8. The Labute approximate surface area is 283 Å². The number of ether oxygens (including phenoxy) is 2. The molecule has 0 aliphatic carbocycles. The van der Waals surface area contributed by atoms with Gasteiger partial charge in [0.2, 0.25) is 0 Å². The standard InChI is InChI=1S/C39H45N5O4/c1-25-12-9-8-10-17-39(6)18-20-43(21-19-39)36-34(35(37(45)46)48-38(3,4)5)26(2)41-33-24-31(42-44(33)36)28-14-11-13-27(22-28)30-23-29(40-7)15-16-32(30)47-25/h8-9,11,13-16,22-25,35H,10,12,17-21H2,1-6H3,(H,45,46)/b9-8+/t25-,35-/m0/s1. The van der Waals surface area contributed by atoms with Gasteiger partial charge < -0.3 is 19.5 Å². The normalized spacial score (nSPS) is 21.3. The van der Waals surface area contributed by atoms with E-state index in [4.69, 9.17) is 26.1 Å². The van der Waals surface area contributed by atoms with Gasteiger partial charge in [-0.2, -0.15) is 9.61 Å². The fraction of sp³-hybridized carbons (Fsp3) is 0.436. The molecular weight excluding hydrogens is 602 g/mol. The number of hydrogen-bond acceptors (Lipinski definition) is 6. The number of carboxylic acid groups (broad SMARTS) is 1. The molecule has 9 nitrogen and oxygen atoms in total. The second kappa shape index (κ2) is 13.1. The quantitative estimate of drug-likeness (QED) is 0.175. The minimum Gasteiger partial charge on any atom is -0.490 e. The molecule has 4 aromatic rings. The third kappa shape index (κ3) is 6.95. The Bertz CT molecular complexity index is 1910. The molecule has 9 heteroatoms. The number of allylic oxidation sites excluding steroid dienone is 1. The molecule has 0 unspecified atom stereocenters. The van der Waals surface area contributed by atoms with Crippen molar-refractivity contribution in [3.63, 3.8) is 0 Å². The number of hydrogen-bond donors (Lipinski definition) is 1. The lowest BCUT2D eigenvalue weighted by Crippen LogP contribution is -2.41. The van der Waals surface area contributed by atoms with Crippen molar-refractivity contribution in [1.82, 2.24) is 14.6 Å². The minimum absolute atomic E-state index is 0.0383. The van der Waals surface area contributed by atoms with Crippen LogP contribution in [0.5, 0.6) is 5.75 Å². The van der Waals surface area contributed by atoms with Gasteiger partial charge in [-0.1, -0.05) is 43.3 Å². The van der Waals surface area contributed by atoms with Crippen LogP contribution in [-0.4, -0.2) is 50.5 Å². The summed E-state index contributed by atoms with van der Waals surface area (Å²) in [7, 11) is 0. The van der Waals surface area contributed by atoms with Crippen LogP contribution in [0.15, 0.2) is 60.7 Å². The van der Waals surface area contributed by atoms with Crippen molar-refractivity contribution < 1.29 is 19.4 Å². The van der Waals surface area contributed by atoms with Crippen molar-refractivity contribution in [3.8, 4) is 28.1 Å². The van der Waals surface area contributed by atoms with Crippen LogP contribution in [0.25, 0.3) is 32.9 Å². The van der Waals surface area contributed by atoms with Crippen molar-refractivity contribution in [3.05, 3.63) is 83.4 Å². The van der Waals surface area contributed by atoms with E-state index in [1.54, 1.807) is 6.07 Å². The van der Waals surface area contributed by atoms with E-state index in [0.29, 0.717) is 28.3 Å². The number of benzene rings is 2. The van der Waals surface area contributed by atoms with Crippen LogP contribution >= 0.6 is 0 Å². The summed E-state index contributed by atoms with van der Waals surface area (Å²) < 4.78 is 14.5. The first kappa shape index (κ1) is 33.2. The first-order valence-electron chi connectivity index (χ1n) is 16.8. The van der Waals surface area contributed by atoms with E-state index in [9.17, 15) is 9.90 Å². The number of carbonyl (C=O) groups is 1. The Kier molecular flexibility index (Phi) is 9.06. The van der Waals surface area contributed by atoms with Crippen molar-refractivity contribution >= 4 is 23.1 Å². The summed E-state index contributed by atoms with van der Waals surface area (Å²) in [4.78, 5) is 23.7. The van der Waals surface area contributed by atoms with Crippen molar-refractivity contribution in [2.45, 2.75) is 91.5 Å². The highest BCUT2D eigenvalue weighted by molar-refractivity contribution is 5.81. The first-order chi connectivity index (χ1) is 22.8. The van der Waals surface area contributed by atoms with Gasteiger partial charge in [0.1, 0.15) is 11.6 Å². The fourth-order valence-corrected chi connectivity index (χ4v) is 6.83. The number of rotatable bonds is 3. The smallest absolute Gasteiger partial charge is 0.337 e. The number of piperidine rings is 1. The van der Waals surface area contributed by atoms with Crippen LogP contribution in [-0.2, 0) is 9.53 Å². The van der Waals surface area contributed by atoms with Gasteiger partial charge in [-0.25, -0.2) is 14.6 Å². The van der Waals surface area contributed by atoms with Crippen molar-refractivity contribution in [2.24, 2.45) is 5.41 Å². The summed E-state index contributed by atoms with van der Waals surface area (Å²) in [6.07, 6.45) is 8.01. The molecule has 6 bridgehead atoms. The van der Waals surface area contributed by atoms with E-state index >= 15 is 0 Å².